The third kappa shape index (κ3) is 6.16. The Balaban J connectivity index is 2.00. The summed E-state index contributed by atoms with van der Waals surface area (Å²) in [4.78, 5) is 6.66. The Morgan fingerprint density at radius 3 is 2.88 bits per heavy atom. The molecule has 9 heteroatoms. The molecule has 1 aliphatic heterocycles. The van der Waals surface area contributed by atoms with Crippen LogP contribution in [0.5, 0.6) is 0 Å². The fraction of sp³-hybridized carbons (Fsp3) is 0.688. The van der Waals surface area contributed by atoms with Crippen LogP contribution in [-0.4, -0.2) is 72.9 Å². The fourth-order valence-electron chi connectivity index (χ4n) is 2.64. The highest BCUT2D eigenvalue weighted by Gasteiger charge is 2.29. The van der Waals surface area contributed by atoms with Crippen LogP contribution in [-0.2, 0) is 9.84 Å². The van der Waals surface area contributed by atoms with Gasteiger partial charge in [0.05, 0.1) is 18.4 Å². The Bertz CT molecular complexity index is 672. The molecule has 1 unspecified atom stereocenters. The van der Waals surface area contributed by atoms with Crippen molar-refractivity contribution in [3.8, 4) is 0 Å². The monoisotopic (exact) mass is 405 g/mol. The lowest BCUT2D eigenvalue weighted by atomic mass is 10.2. The molecule has 2 N–H and O–H groups in total. The summed E-state index contributed by atoms with van der Waals surface area (Å²) < 4.78 is 24.9. The molecule has 0 aromatic carbocycles. The molecule has 1 aromatic rings. The number of rotatable bonds is 6. The van der Waals surface area contributed by atoms with Gasteiger partial charge < -0.3 is 15.3 Å². The Morgan fingerprint density at radius 2 is 2.28 bits per heavy atom. The maximum Gasteiger partial charge on any atom is 0.194 e. The van der Waals surface area contributed by atoms with E-state index in [9.17, 15) is 13.5 Å². The van der Waals surface area contributed by atoms with E-state index >= 15 is 0 Å². The van der Waals surface area contributed by atoms with Gasteiger partial charge in [-0.15, -0.1) is 11.3 Å². The van der Waals surface area contributed by atoms with Gasteiger partial charge in [-0.1, -0.05) is 6.07 Å². The number of thiophene rings is 1. The number of hydrogen-bond donors (Lipinski definition) is 2. The molecule has 1 aliphatic rings. The minimum atomic E-state index is -3.46. The van der Waals surface area contributed by atoms with E-state index in [1.807, 2.05) is 18.7 Å². The van der Waals surface area contributed by atoms with Gasteiger partial charge in [-0.2, -0.15) is 11.8 Å². The zero-order valence-electron chi connectivity index (χ0n) is 14.9. The molecule has 2 heterocycles. The summed E-state index contributed by atoms with van der Waals surface area (Å²) in [6.07, 6.45) is -1.02. The lowest BCUT2D eigenvalue weighted by Gasteiger charge is -2.39. The van der Waals surface area contributed by atoms with Crippen LogP contribution in [0.25, 0.3) is 0 Å². The van der Waals surface area contributed by atoms with Crippen LogP contribution in [0, 0.1) is 0 Å². The molecule has 0 spiro atoms. The van der Waals surface area contributed by atoms with E-state index in [0.29, 0.717) is 0 Å². The average Bonchev–Trinajstić information content (AvgIpc) is 3.05. The van der Waals surface area contributed by atoms with Gasteiger partial charge in [0.15, 0.2) is 15.8 Å². The first-order chi connectivity index (χ1) is 11.7. The van der Waals surface area contributed by atoms with E-state index in [1.165, 1.54) is 11.3 Å². The molecule has 0 aliphatic carbocycles. The van der Waals surface area contributed by atoms with E-state index in [1.54, 1.807) is 17.5 Å². The standard InChI is InChI=1S/C16H27N3O3S3/c1-4-17-15(19-7-9-24-16(2,3)12-19)18-10-13(20)11-25(21,22)14-6-5-8-23-14/h5-6,8,13,20H,4,7,9-12H2,1-3H3,(H,17,18). The summed E-state index contributed by atoms with van der Waals surface area (Å²) in [5.41, 5.74) is 0. The summed E-state index contributed by atoms with van der Waals surface area (Å²) in [5, 5.41) is 15.1. The second-order valence-electron chi connectivity index (χ2n) is 6.59. The minimum Gasteiger partial charge on any atom is -0.390 e. The first-order valence-corrected chi connectivity index (χ1v) is 11.9. The molecule has 0 amide bonds. The van der Waals surface area contributed by atoms with E-state index < -0.39 is 15.9 Å². The van der Waals surface area contributed by atoms with Crippen molar-refractivity contribution in [3.63, 3.8) is 0 Å². The molecule has 1 fully saturated rings. The van der Waals surface area contributed by atoms with Gasteiger partial charge in [0.2, 0.25) is 0 Å². The predicted octanol–water partition coefficient (Wildman–Crippen LogP) is 1.68. The number of aliphatic imine (C=N–C) groups is 1. The third-order valence-corrected chi connectivity index (χ3v) is 8.31. The molecule has 1 atom stereocenters. The highest BCUT2D eigenvalue weighted by atomic mass is 32.2. The van der Waals surface area contributed by atoms with Crippen molar-refractivity contribution in [2.24, 2.45) is 4.99 Å². The molecule has 2 rings (SSSR count). The normalized spacial score (nSPS) is 19.7. The van der Waals surface area contributed by atoms with Crippen molar-refractivity contribution < 1.29 is 13.5 Å². The number of guanidine groups is 1. The summed E-state index contributed by atoms with van der Waals surface area (Å²) in [5.74, 6) is 1.45. The highest BCUT2D eigenvalue weighted by molar-refractivity contribution is 8.00. The molecule has 1 aromatic heterocycles. The van der Waals surface area contributed by atoms with Crippen LogP contribution >= 0.6 is 23.1 Å². The van der Waals surface area contributed by atoms with Gasteiger partial charge >= 0.3 is 0 Å². The van der Waals surface area contributed by atoms with E-state index in [4.69, 9.17) is 0 Å². The first kappa shape index (κ1) is 20.5. The number of hydrogen-bond acceptors (Lipinski definition) is 6. The molecule has 142 valence electrons. The zero-order valence-corrected chi connectivity index (χ0v) is 17.4. The second kappa shape index (κ2) is 8.75. The van der Waals surface area contributed by atoms with Crippen LogP contribution in [0.15, 0.2) is 26.7 Å². The molecule has 0 bridgehead atoms. The largest absolute Gasteiger partial charge is 0.390 e. The SMILES string of the molecule is CCNC(=NCC(O)CS(=O)(=O)c1cccs1)N1CCSC(C)(C)C1. The highest BCUT2D eigenvalue weighted by Crippen LogP contribution is 2.29. The predicted molar refractivity (Wildman–Crippen MR) is 106 cm³/mol. The van der Waals surface area contributed by atoms with Crippen molar-refractivity contribution in [1.82, 2.24) is 10.2 Å². The molecule has 25 heavy (non-hydrogen) atoms. The van der Waals surface area contributed by atoms with Gasteiger partial charge in [-0.3, -0.25) is 4.99 Å². The van der Waals surface area contributed by atoms with Gasteiger partial charge in [0.1, 0.15) is 4.21 Å². The summed E-state index contributed by atoms with van der Waals surface area (Å²) in [6, 6.07) is 3.26. The van der Waals surface area contributed by atoms with Crippen LogP contribution < -0.4 is 5.32 Å². The maximum absolute atomic E-state index is 12.2. The lowest BCUT2D eigenvalue weighted by molar-refractivity contribution is 0.205. The molecular formula is C16H27N3O3S3. The molecular weight excluding hydrogens is 378 g/mol. The fourth-order valence-corrected chi connectivity index (χ4v) is 6.22. The lowest BCUT2D eigenvalue weighted by Crippen LogP contribution is -2.51. The van der Waals surface area contributed by atoms with Crippen molar-refractivity contribution >= 4 is 38.9 Å². The summed E-state index contributed by atoms with van der Waals surface area (Å²) in [6.45, 7) is 8.96. The van der Waals surface area contributed by atoms with Crippen LogP contribution in [0.2, 0.25) is 0 Å². The molecule has 6 nitrogen and oxygen atoms in total. The van der Waals surface area contributed by atoms with Crippen LogP contribution in [0.3, 0.4) is 0 Å². The molecule has 0 saturated carbocycles. The van der Waals surface area contributed by atoms with Crippen molar-refractivity contribution in [1.29, 1.82) is 0 Å². The van der Waals surface area contributed by atoms with Crippen molar-refractivity contribution in [2.75, 3.05) is 37.7 Å². The number of sulfone groups is 1. The summed E-state index contributed by atoms with van der Waals surface area (Å²) in [7, 11) is -3.46. The zero-order chi connectivity index (χ0) is 18.5. The Labute approximate surface area is 158 Å². The number of nitrogens with zero attached hydrogens (tertiary/aromatic N) is 2. The Hall–Kier alpha value is -0.770. The Kier molecular flexibility index (Phi) is 7.19. The summed E-state index contributed by atoms with van der Waals surface area (Å²) >= 11 is 3.11. The quantitative estimate of drug-likeness (QED) is 0.553. The number of nitrogens with one attached hydrogen (secondary N) is 1. The number of aliphatic hydroxyl groups is 1. The van der Waals surface area contributed by atoms with Gasteiger partial charge in [0.25, 0.3) is 0 Å². The van der Waals surface area contributed by atoms with Gasteiger partial charge in [0, 0.05) is 30.1 Å². The number of thioether (sulfide) groups is 1. The third-order valence-electron chi connectivity index (χ3n) is 3.73. The Morgan fingerprint density at radius 1 is 1.52 bits per heavy atom. The molecule has 0 radical (unpaired) electrons. The minimum absolute atomic E-state index is 0.0665. The smallest absolute Gasteiger partial charge is 0.194 e. The van der Waals surface area contributed by atoms with Gasteiger partial charge in [-0.25, -0.2) is 8.42 Å². The average molecular weight is 406 g/mol. The van der Waals surface area contributed by atoms with Gasteiger partial charge in [-0.05, 0) is 32.2 Å². The van der Waals surface area contributed by atoms with E-state index in [0.717, 1.165) is 31.3 Å². The van der Waals surface area contributed by atoms with E-state index in [-0.39, 0.29) is 21.3 Å². The van der Waals surface area contributed by atoms with E-state index in [2.05, 4.69) is 29.1 Å². The van der Waals surface area contributed by atoms with Crippen LogP contribution in [0.4, 0.5) is 0 Å². The van der Waals surface area contributed by atoms with Crippen molar-refractivity contribution in [2.45, 2.75) is 35.8 Å². The second-order valence-corrected chi connectivity index (χ2v) is 11.6. The topological polar surface area (TPSA) is 82.0 Å². The van der Waals surface area contributed by atoms with Crippen molar-refractivity contribution in [3.05, 3.63) is 17.5 Å². The maximum atomic E-state index is 12.2. The first-order valence-electron chi connectivity index (χ1n) is 8.35. The molecule has 1 saturated heterocycles. The van der Waals surface area contributed by atoms with Crippen LogP contribution in [0.1, 0.15) is 20.8 Å². The number of aliphatic hydroxyl groups excluding tert-OH is 1.